The number of nitrogens with zero attached hydrogens (tertiary/aromatic N) is 5. The lowest BCUT2D eigenvalue weighted by Crippen LogP contribution is -2.40. The molecule has 2 atom stereocenters. The molecule has 24 heavy (non-hydrogen) atoms. The standard InChI is InChI=1S/C19H25N5/c1-3-16-9-6-7-11-23(16)19-21-18(13-20-22-19)24-14(2)12-15-8-4-5-10-17(15)24/h4-5,8,10,13-14,16H,3,6-7,9,11-12H2,1-2H3. The molecule has 0 bridgehead atoms. The largest absolute Gasteiger partial charge is 0.336 e. The minimum absolute atomic E-state index is 0.398. The molecule has 2 aliphatic rings. The van der Waals surface area contributed by atoms with E-state index >= 15 is 0 Å². The first-order valence-electron chi connectivity index (χ1n) is 9.11. The molecule has 0 N–H and O–H groups in total. The van der Waals surface area contributed by atoms with E-state index < -0.39 is 0 Å². The Morgan fingerprint density at radius 2 is 2.08 bits per heavy atom. The van der Waals surface area contributed by atoms with Crippen molar-refractivity contribution in [3.63, 3.8) is 0 Å². The van der Waals surface area contributed by atoms with Gasteiger partial charge in [-0.3, -0.25) is 0 Å². The molecule has 0 spiro atoms. The molecule has 1 fully saturated rings. The van der Waals surface area contributed by atoms with Gasteiger partial charge in [0.2, 0.25) is 5.95 Å². The van der Waals surface area contributed by atoms with Crippen LogP contribution < -0.4 is 9.80 Å². The predicted molar refractivity (Wildman–Crippen MR) is 96.9 cm³/mol. The third-order valence-corrected chi connectivity index (χ3v) is 5.34. The Kier molecular flexibility index (Phi) is 4.08. The number of aromatic nitrogens is 3. The number of hydrogen-bond donors (Lipinski definition) is 0. The molecule has 0 radical (unpaired) electrons. The van der Waals surface area contributed by atoms with Gasteiger partial charge in [0.05, 0.1) is 6.20 Å². The molecule has 1 saturated heterocycles. The van der Waals surface area contributed by atoms with Crippen LogP contribution in [0.15, 0.2) is 30.5 Å². The average Bonchev–Trinajstić information content (AvgIpc) is 2.97. The van der Waals surface area contributed by atoms with E-state index in [1.54, 1.807) is 6.20 Å². The van der Waals surface area contributed by atoms with Gasteiger partial charge in [0.25, 0.3) is 0 Å². The van der Waals surface area contributed by atoms with Crippen LogP contribution in [0.1, 0.15) is 45.1 Å². The number of piperidine rings is 1. The molecular formula is C19H25N5. The molecule has 5 nitrogen and oxygen atoms in total. The maximum Gasteiger partial charge on any atom is 0.247 e. The van der Waals surface area contributed by atoms with Crippen molar-refractivity contribution in [2.45, 2.75) is 58.0 Å². The number of rotatable bonds is 3. The molecule has 126 valence electrons. The summed E-state index contributed by atoms with van der Waals surface area (Å²) in [5.41, 5.74) is 2.64. The fourth-order valence-corrected chi connectivity index (χ4v) is 4.13. The normalized spacial score (nSPS) is 23.4. The Morgan fingerprint density at radius 3 is 2.96 bits per heavy atom. The summed E-state index contributed by atoms with van der Waals surface area (Å²) in [6.07, 6.45) is 7.74. The summed E-state index contributed by atoms with van der Waals surface area (Å²) in [7, 11) is 0. The van der Waals surface area contributed by atoms with Crippen LogP contribution in [-0.2, 0) is 6.42 Å². The Hall–Kier alpha value is -2.17. The topological polar surface area (TPSA) is 45.2 Å². The van der Waals surface area contributed by atoms with E-state index in [1.807, 2.05) is 0 Å². The van der Waals surface area contributed by atoms with Gasteiger partial charge in [0.15, 0.2) is 5.82 Å². The summed E-state index contributed by atoms with van der Waals surface area (Å²) in [6.45, 7) is 5.53. The summed E-state index contributed by atoms with van der Waals surface area (Å²) >= 11 is 0. The maximum atomic E-state index is 4.90. The third kappa shape index (κ3) is 2.62. The Bertz CT molecular complexity index is 716. The van der Waals surface area contributed by atoms with Crippen molar-refractivity contribution in [3.05, 3.63) is 36.0 Å². The van der Waals surface area contributed by atoms with Crippen molar-refractivity contribution < 1.29 is 0 Å². The second-order valence-electron chi connectivity index (χ2n) is 6.92. The van der Waals surface area contributed by atoms with Gasteiger partial charge in [-0.15, -0.1) is 5.10 Å². The lowest BCUT2D eigenvalue weighted by molar-refractivity contribution is 0.441. The quantitative estimate of drug-likeness (QED) is 0.861. The maximum absolute atomic E-state index is 4.90. The van der Waals surface area contributed by atoms with Gasteiger partial charge in [-0.25, -0.2) is 0 Å². The third-order valence-electron chi connectivity index (χ3n) is 5.34. The van der Waals surface area contributed by atoms with Crippen molar-refractivity contribution in [2.24, 2.45) is 0 Å². The van der Waals surface area contributed by atoms with Gasteiger partial charge in [0, 0.05) is 24.3 Å². The van der Waals surface area contributed by atoms with Crippen LogP contribution in [0.2, 0.25) is 0 Å². The van der Waals surface area contributed by atoms with E-state index in [-0.39, 0.29) is 0 Å². The molecular weight excluding hydrogens is 298 g/mol. The highest BCUT2D eigenvalue weighted by Crippen LogP contribution is 2.37. The zero-order valence-electron chi connectivity index (χ0n) is 14.5. The van der Waals surface area contributed by atoms with Crippen molar-refractivity contribution >= 4 is 17.5 Å². The van der Waals surface area contributed by atoms with E-state index in [0.717, 1.165) is 31.2 Å². The van der Waals surface area contributed by atoms with Crippen molar-refractivity contribution in [1.82, 2.24) is 15.2 Å². The molecule has 0 saturated carbocycles. The van der Waals surface area contributed by atoms with E-state index in [4.69, 9.17) is 4.98 Å². The van der Waals surface area contributed by atoms with Crippen LogP contribution in [0.25, 0.3) is 0 Å². The van der Waals surface area contributed by atoms with E-state index in [1.165, 1.54) is 30.5 Å². The average molecular weight is 323 g/mol. The van der Waals surface area contributed by atoms with Crippen LogP contribution in [0, 0.1) is 0 Å². The minimum atomic E-state index is 0.398. The summed E-state index contributed by atoms with van der Waals surface area (Å²) in [4.78, 5) is 9.56. The zero-order valence-corrected chi connectivity index (χ0v) is 14.5. The van der Waals surface area contributed by atoms with E-state index in [2.05, 4.69) is 58.1 Å². The number of anilines is 3. The minimum Gasteiger partial charge on any atom is -0.336 e. The monoisotopic (exact) mass is 323 g/mol. The number of fused-ring (bicyclic) bond motifs is 1. The van der Waals surface area contributed by atoms with Crippen LogP contribution >= 0.6 is 0 Å². The fourth-order valence-electron chi connectivity index (χ4n) is 4.13. The molecule has 1 aromatic carbocycles. The summed E-state index contributed by atoms with van der Waals surface area (Å²) in [6, 6.07) is 9.53. The van der Waals surface area contributed by atoms with Crippen LogP contribution in [-0.4, -0.2) is 33.8 Å². The smallest absolute Gasteiger partial charge is 0.247 e. The highest BCUT2D eigenvalue weighted by Gasteiger charge is 2.29. The Labute approximate surface area is 143 Å². The van der Waals surface area contributed by atoms with Gasteiger partial charge in [-0.05, 0) is 50.7 Å². The predicted octanol–water partition coefficient (Wildman–Crippen LogP) is 3.72. The van der Waals surface area contributed by atoms with Gasteiger partial charge < -0.3 is 9.80 Å². The van der Waals surface area contributed by atoms with Gasteiger partial charge in [-0.2, -0.15) is 10.1 Å². The fraction of sp³-hybridized carbons (Fsp3) is 0.526. The highest BCUT2D eigenvalue weighted by atomic mass is 15.4. The lowest BCUT2D eigenvalue weighted by atomic mass is 10.0. The summed E-state index contributed by atoms with van der Waals surface area (Å²) in [5, 5.41) is 8.64. The molecule has 0 aliphatic carbocycles. The van der Waals surface area contributed by atoms with Gasteiger partial charge in [-0.1, -0.05) is 25.1 Å². The lowest BCUT2D eigenvalue weighted by Gasteiger charge is -2.35. The highest BCUT2D eigenvalue weighted by molar-refractivity contribution is 5.68. The van der Waals surface area contributed by atoms with Gasteiger partial charge >= 0.3 is 0 Å². The number of para-hydroxylation sites is 1. The molecule has 2 aliphatic heterocycles. The van der Waals surface area contributed by atoms with E-state index in [0.29, 0.717) is 12.1 Å². The number of hydrogen-bond acceptors (Lipinski definition) is 5. The molecule has 2 unspecified atom stereocenters. The summed E-state index contributed by atoms with van der Waals surface area (Å²) in [5.74, 6) is 1.70. The number of benzene rings is 1. The van der Waals surface area contributed by atoms with Gasteiger partial charge in [0.1, 0.15) is 0 Å². The molecule has 2 aromatic rings. The van der Waals surface area contributed by atoms with Crippen molar-refractivity contribution in [3.8, 4) is 0 Å². The van der Waals surface area contributed by atoms with E-state index in [9.17, 15) is 0 Å². The molecule has 1 aromatic heterocycles. The Morgan fingerprint density at radius 1 is 1.21 bits per heavy atom. The van der Waals surface area contributed by atoms with Crippen LogP contribution in [0.3, 0.4) is 0 Å². The first-order valence-corrected chi connectivity index (χ1v) is 9.11. The van der Waals surface area contributed by atoms with Crippen LogP contribution in [0.5, 0.6) is 0 Å². The molecule has 3 heterocycles. The second kappa shape index (κ2) is 6.38. The van der Waals surface area contributed by atoms with Crippen molar-refractivity contribution in [2.75, 3.05) is 16.3 Å². The molecule has 5 heteroatoms. The first-order chi connectivity index (χ1) is 11.8. The second-order valence-corrected chi connectivity index (χ2v) is 6.92. The zero-order chi connectivity index (χ0) is 16.5. The van der Waals surface area contributed by atoms with Crippen LogP contribution in [0.4, 0.5) is 17.5 Å². The Balaban J connectivity index is 1.68. The van der Waals surface area contributed by atoms with Crippen molar-refractivity contribution in [1.29, 1.82) is 0 Å². The first kappa shape index (κ1) is 15.4. The molecule has 0 amide bonds. The molecule has 4 rings (SSSR count). The SMILES string of the molecule is CCC1CCCCN1c1nncc(N2c3ccccc3CC2C)n1. The summed E-state index contributed by atoms with van der Waals surface area (Å²) < 4.78 is 0.